The van der Waals surface area contributed by atoms with E-state index >= 15 is 0 Å². The molecule has 1 heterocycles. The van der Waals surface area contributed by atoms with Gasteiger partial charge in [0.15, 0.2) is 0 Å². The molecule has 0 saturated heterocycles. The molecule has 0 N–H and O–H groups in total. The lowest BCUT2D eigenvalue weighted by atomic mass is 9.90. The first kappa shape index (κ1) is 16.1. The Morgan fingerprint density at radius 3 is 2.46 bits per heavy atom. The van der Waals surface area contributed by atoms with E-state index in [0.29, 0.717) is 17.1 Å². The van der Waals surface area contributed by atoms with E-state index in [9.17, 15) is 9.59 Å². The van der Waals surface area contributed by atoms with Gasteiger partial charge in [0.05, 0.1) is 6.61 Å². The summed E-state index contributed by atoms with van der Waals surface area (Å²) in [5.41, 5.74) is 3.35. The number of hydrogen-bond donors (Lipinski definition) is 0. The van der Waals surface area contributed by atoms with E-state index < -0.39 is 12.1 Å². The van der Waals surface area contributed by atoms with Crippen LogP contribution in [0.1, 0.15) is 35.1 Å². The van der Waals surface area contributed by atoms with Crippen LogP contribution in [0, 0.1) is 13.8 Å². The Morgan fingerprint density at radius 1 is 1.08 bits per heavy atom. The number of esters is 1. The summed E-state index contributed by atoms with van der Waals surface area (Å²) in [4.78, 5) is 24.1. The van der Waals surface area contributed by atoms with Crippen LogP contribution in [-0.4, -0.2) is 18.7 Å². The van der Waals surface area contributed by atoms with Crippen LogP contribution in [0.15, 0.2) is 36.4 Å². The molecule has 0 fully saturated rings. The van der Waals surface area contributed by atoms with Crippen LogP contribution in [0.3, 0.4) is 0 Å². The van der Waals surface area contributed by atoms with E-state index in [1.54, 1.807) is 19.1 Å². The van der Waals surface area contributed by atoms with Gasteiger partial charge >= 0.3 is 12.1 Å². The molecule has 124 valence electrons. The van der Waals surface area contributed by atoms with Crippen LogP contribution in [0.2, 0.25) is 0 Å². The molecule has 0 amide bonds. The molecule has 0 spiro atoms. The summed E-state index contributed by atoms with van der Waals surface area (Å²) in [5.74, 6) is -0.159. The Kier molecular flexibility index (Phi) is 4.25. The predicted octanol–water partition coefficient (Wildman–Crippen LogP) is 3.89. The lowest BCUT2D eigenvalue weighted by molar-refractivity contribution is -0.133. The zero-order chi connectivity index (χ0) is 17.3. The molecule has 3 rings (SSSR count). The van der Waals surface area contributed by atoms with Gasteiger partial charge in [0.25, 0.3) is 0 Å². The van der Waals surface area contributed by atoms with Crippen molar-refractivity contribution < 1.29 is 23.8 Å². The molecule has 1 aliphatic rings. The van der Waals surface area contributed by atoms with E-state index in [0.717, 1.165) is 16.7 Å². The monoisotopic (exact) mass is 326 g/mol. The van der Waals surface area contributed by atoms with Crippen molar-refractivity contribution in [2.24, 2.45) is 0 Å². The Hall–Kier alpha value is -2.82. The van der Waals surface area contributed by atoms with Crippen LogP contribution in [0.4, 0.5) is 4.79 Å². The van der Waals surface area contributed by atoms with Gasteiger partial charge in [-0.05, 0) is 32.9 Å². The summed E-state index contributed by atoms with van der Waals surface area (Å²) < 4.78 is 15.5. The molecule has 24 heavy (non-hydrogen) atoms. The molecule has 5 nitrogen and oxygen atoms in total. The minimum atomic E-state index is -0.793. The Bertz CT molecular complexity index is 809. The van der Waals surface area contributed by atoms with Crippen LogP contribution in [0.5, 0.6) is 11.5 Å². The topological polar surface area (TPSA) is 61.8 Å². The molecule has 1 unspecified atom stereocenters. The predicted molar refractivity (Wildman–Crippen MR) is 87.5 cm³/mol. The number of aryl methyl sites for hydroxylation is 2. The molecule has 0 aromatic heterocycles. The fourth-order valence-electron chi connectivity index (χ4n) is 2.80. The largest absolute Gasteiger partial charge is 0.513 e. The normalized spacial score (nSPS) is 15.6. The third-order valence-corrected chi connectivity index (χ3v) is 3.85. The van der Waals surface area contributed by atoms with Crippen molar-refractivity contribution in [3.63, 3.8) is 0 Å². The van der Waals surface area contributed by atoms with Crippen molar-refractivity contribution >= 4 is 12.1 Å². The molecular formula is C19H18O5. The maximum atomic E-state index is 12.4. The quantitative estimate of drug-likeness (QED) is 0.486. The van der Waals surface area contributed by atoms with Gasteiger partial charge < -0.3 is 14.2 Å². The van der Waals surface area contributed by atoms with Gasteiger partial charge in [-0.1, -0.05) is 35.4 Å². The highest BCUT2D eigenvalue weighted by Gasteiger charge is 2.36. The van der Waals surface area contributed by atoms with Crippen molar-refractivity contribution in [2.45, 2.75) is 26.7 Å². The maximum Gasteiger partial charge on any atom is 0.513 e. The Balaban J connectivity index is 2.06. The molecule has 0 bridgehead atoms. The van der Waals surface area contributed by atoms with E-state index in [2.05, 4.69) is 0 Å². The Labute approximate surface area is 140 Å². The van der Waals surface area contributed by atoms with Gasteiger partial charge in [-0.2, -0.15) is 0 Å². The molecule has 5 heteroatoms. The first-order valence-corrected chi connectivity index (χ1v) is 7.77. The average Bonchev–Trinajstić information content (AvgIpc) is 2.84. The number of hydrogen-bond acceptors (Lipinski definition) is 5. The molecule has 2 aromatic carbocycles. The standard InChI is InChI=1S/C19H18O5/c1-4-22-19(21)24-16-8-6-12(3)10-14(16)17-13-9-11(2)5-7-15(13)23-18(17)20/h5-10,17H,4H2,1-3H3. The summed E-state index contributed by atoms with van der Waals surface area (Å²) in [6, 6.07) is 10.9. The molecular weight excluding hydrogens is 308 g/mol. The Morgan fingerprint density at radius 2 is 1.75 bits per heavy atom. The summed E-state index contributed by atoms with van der Waals surface area (Å²) >= 11 is 0. The average molecular weight is 326 g/mol. The molecule has 0 aliphatic carbocycles. The second kappa shape index (κ2) is 6.35. The zero-order valence-corrected chi connectivity index (χ0v) is 13.8. The first-order chi connectivity index (χ1) is 11.5. The fraction of sp³-hybridized carbons (Fsp3) is 0.263. The SMILES string of the molecule is CCOC(=O)Oc1ccc(C)cc1C1C(=O)Oc2ccc(C)cc21. The third kappa shape index (κ3) is 2.97. The first-order valence-electron chi connectivity index (χ1n) is 7.77. The van der Waals surface area contributed by atoms with Crippen molar-refractivity contribution in [1.82, 2.24) is 0 Å². The fourth-order valence-corrected chi connectivity index (χ4v) is 2.80. The van der Waals surface area contributed by atoms with Crippen LogP contribution >= 0.6 is 0 Å². The van der Waals surface area contributed by atoms with Gasteiger partial charge in [-0.3, -0.25) is 4.79 Å². The second-order valence-corrected chi connectivity index (χ2v) is 5.72. The summed E-state index contributed by atoms with van der Waals surface area (Å²) in [6.45, 7) is 5.78. The van der Waals surface area contributed by atoms with Crippen molar-refractivity contribution in [2.75, 3.05) is 6.61 Å². The third-order valence-electron chi connectivity index (χ3n) is 3.85. The summed E-state index contributed by atoms with van der Waals surface area (Å²) in [6.07, 6.45) is -0.793. The maximum absolute atomic E-state index is 12.4. The minimum absolute atomic E-state index is 0.216. The lowest BCUT2D eigenvalue weighted by Crippen LogP contribution is -2.16. The van der Waals surface area contributed by atoms with E-state index in [4.69, 9.17) is 14.2 Å². The van der Waals surface area contributed by atoms with Gasteiger partial charge in [-0.15, -0.1) is 0 Å². The van der Waals surface area contributed by atoms with Crippen LogP contribution < -0.4 is 9.47 Å². The molecule has 2 aromatic rings. The van der Waals surface area contributed by atoms with E-state index in [1.165, 1.54) is 0 Å². The molecule has 1 atom stereocenters. The van der Waals surface area contributed by atoms with Gasteiger partial charge in [0.1, 0.15) is 17.4 Å². The number of fused-ring (bicyclic) bond motifs is 1. The van der Waals surface area contributed by atoms with Crippen molar-refractivity contribution in [3.8, 4) is 11.5 Å². The summed E-state index contributed by atoms with van der Waals surface area (Å²) in [5, 5.41) is 0. The van der Waals surface area contributed by atoms with E-state index in [-0.39, 0.29) is 12.6 Å². The smallest absolute Gasteiger partial charge is 0.434 e. The van der Waals surface area contributed by atoms with Crippen molar-refractivity contribution in [3.05, 3.63) is 58.7 Å². The van der Waals surface area contributed by atoms with Gasteiger partial charge in [0.2, 0.25) is 0 Å². The van der Waals surface area contributed by atoms with Crippen molar-refractivity contribution in [1.29, 1.82) is 0 Å². The highest BCUT2D eigenvalue weighted by Crippen LogP contribution is 2.43. The zero-order valence-electron chi connectivity index (χ0n) is 13.8. The van der Waals surface area contributed by atoms with Gasteiger partial charge in [-0.25, -0.2) is 4.79 Å². The molecule has 0 radical (unpaired) electrons. The number of carbonyl (C=O) groups is 2. The number of ether oxygens (including phenoxy) is 3. The molecule has 1 aliphatic heterocycles. The van der Waals surface area contributed by atoms with Gasteiger partial charge in [0, 0.05) is 11.1 Å². The highest BCUT2D eigenvalue weighted by molar-refractivity contribution is 5.90. The van der Waals surface area contributed by atoms with E-state index in [1.807, 2.05) is 38.1 Å². The number of benzene rings is 2. The van der Waals surface area contributed by atoms with Crippen LogP contribution in [-0.2, 0) is 9.53 Å². The number of carbonyl (C=O) groups excluding carboxylic acids is 2. The highest BCUT2D eigenvalue weighted by atomic mass is 16.7. The minimum Gasteiger partial charge on any atom is -0.434 e. The second-order valence-electron chi connectivity index (χ2n) is 5.72. The van der Waals surface area contributed by atoms with Crippen LogP contribution in [0.25, 0.3) is 0 Å². The number of rotatable bonds is 3. The molecule has 0 saturated carbocycles. The summed E-state index contributed by atoms with van der Waals surface area (Å²) in [7, 11) is 0. The lowest BCUT2D eigenvalue weighted by Gasteiger charge is -2.14.